The molecule has 33 heavy (non-hydrogen) atoms. The highest BCUT2D eigenvalue weighted by Gasteiger charge is 2.23. The summed E-state index contributed by atoms with van der Waals surface area (Å²) in [4.78, 5) is 14.5. The average Bonchev–Trinajstić information content (AvgIpc) is 2.77. The quantitative estimate of drug-likeness (QED) is 0.0788. The Morgan fingerprint density at radius 3 is 2.24 bits per heavy atom. The lowest BCUT2D eigenvalue weighted by molar-refractivity contribution is -0.122. The second-order valence-electron chi connectivity index (χ2n) is 7.99. The SMILES string of the molecule is CCCCOCCOCCC(C)(N=[N+]=[N-])OCCOCCOCCC(=O)NC/C=C/C(C)C. The number of hydrogen-bond acceptors (Lipinski definition) is 7. The van der Waals surface area contributed by atoms with Gasteiger partial charge in [-0.05, 0) is 24.8 Å². The van der Waals surface area contributed by atoms with E-state index in [2.05, 4.69) is 36.1 Å². The van der Waals surface area contributed by atoms with Crippen LogP contribution in [0.3, 0.4) is 0 Å². The van der Waals surface area contributed by atoms with Gasteiger partial charge in [-0.15, -0.1) is 0 Å². The summed E-state index contributed by atoms with van der Waals surface area (Å²) in [5.41, 5.74) is 7.82. The third kappa shape index (κ3) is 21.9. The summed E-state index contributed by atoms with van der Waals surface area (Å²) in [5.74, 6) is 0.436. The molecule has 1 atom stereocenters. The monoisotopic (exact) mass is 472 g/mol. The van der Waals surface area contributed by atoms with E-state index in [9.17, 15) is 4.79 Å². The number of hydrogen-bond donors (Lipinski definition) is 1. The summed E-state index contributed by atoms with van der Waals surface area (Å²) in [7, 11) is 0. The number of unbranched alkanes of at least 4 members (excludes halogenated alkanes) is 1. The second kappa shape index (κ2) is 22.1. The van der Waals surface area contributed by atoms with Gasteiger partial charge in [-0.2, -0.15) is 0 Å². The molecule has 0 spiro atoms. The van der Waals surface area contributed by atoms with Crippen molar-refractivity contribution < 1.29 is 28.5 Å². The molecule has 0 rings (SSSR count). The molecule has 10 nitrogen and oxygen atoms in total. The highest BCUT2D eigenvalue weighted by atomic mass is 16.6. The van der Waals surface area contributed by atoms with Crippen molar-refractivity contribution in [1.82, 2.24) is 5.32 Å². The zero-order valence-corrected chi connectivity index (χ0v) is 20.9. The van der Waals surface area contributed by atoms with E-state index >= 15 is 0 Å². The van der Waals surface area contributed by atoms with Gasteiger partial charge in [0.25, 0.3) is 0 Å². The van der Waals surface area contributed by atoms with E-state index in [1.165, 1.54) is 0 Å². The van der Waals surface area contributed by atoms with E-state index in [1.54, 1.807) is 6.92 Å². The van der Waals surface area contributed by atoms with Crippen molar-refractivity contribution in [2.24, 2.45) is 11.0 Å². The zero-order chi connectivity index (χ0) is 24.6. The van der Waals surface area contributed by atoms with Crippen LogP contribution < -0.4 is 5.32 Å². The van der Waals surface area contributed by atoms with E-state index < -0.39 is 5.72 Å². The van der Waals surface area contributed by atoms with Gasteiger partial charge in [0.15, 0.2) is 0 Å². The predicted molar refractivity (Wildman–Crippen MR) is 128 cm³/mol. The van der Waals surface area contributed by atoms with E-state index in [0.29, 0.717) is 71.6 Å². The highest BCUT2D eigenvalue weighted by Crippen LogP contribution is 2.17. The van der Waals surface area contributed by atoms with Gasteiger partial charge >= 0.3 is 0 Å². The Balaban J connectivity index is 3.71. The number of nitrogens with zero attached hydrogens (tertiary/aromatic N) is 3. The number of amides is 1. The molecule has 1 N–H and O–H groups in total. The van der Waals surface area contributed by atoms with E-state index in [-0.39, 0.29) is 12.5 Å². The molecule has 0 aliphatic rings. The Labute approximate surface area is 198 Å². The number of rotatable bonds is 23. The molecule has 10 heteroatoms. The third-order valence-corrected chi connectivity index (χ3v) is 4.40. The summed E-state index contributed by atoms with van der Waals surface area (Å²) in [6, 6.07) is 0. The average molecular weight is 473 g/mol. The molecule has 0 aromatic rings. The Morgan fingerprint density at radius 1 is 1.00 bits per heavy atom. The molecule has 0 fully saturated rings. The van der Waals surface area contributed by atoms with E-state index in [4.69, 9.17) is 29.2 Å². The van der Waals surface area contributed by atoms with E-state index in [0.717, 1.165) is 19.4 Å². The largest absolute Gasteiger partial charge is 0.379 e. The minimum absolute atomic E-state index is 0.0388. The van der Waals surface area contributed by atoms with Crippen LogP contribution in [0, 0.1) is 5.92 Å². The van der Waals surface area contributed by atoms with Crippen molar-refractivity contribution >= 4 is 5.91 Å². The Kier molecular flexibility index (Phi) is 21.0. The van der Waals surface area contributed by atoms with Crippen LogP contribution in [0.5, 0.6) is 0 Å². The number of carbonyl (C=O) groups is 1. The molecule has 192 valence electrons. The molecule has 0 aliphatic heterocycles. The smallest absolute Gasteiger partial charge is 0.222 e. The lowest BCUT2D eigenvalue weighted by Gasteiger charge is -2.24. The molecule has 0 radical (unpaired) electrons. The topological polar surface area (TPSA) is 124 Å². The summed E-state index contributed by atoms with van der Waals surface area (Å²) in [6.07, 6.45) is 6.90. The van der Waals surface area contributed by atoms with Crippen LogP contribution in [0.1, 0.15) is 53.4 Å². The highest BCUT2D eigenvalue weighted by molar-refractivity contribution is 5.76. The Bertz CT molecular complexity index is 555. The number of ether oxygens (including phenoxy) is 5. The Hall–Kier alpha value is -1.68. The van der Waals surface area contributed by atoms with Gasteiger partial charge in [0, 0.05) is 37.5 Å². The normalized spacial score (nSPS) is 13.2. The van der Waals surface area contributed by atoms with Gasteiger partial charge in [-0.3, -0.25) is 4.79 Å². The van der Waals surface area contributed by atoms with Crippen LogP contribution >= 0.6 is 0 Å². The molecular weight excluding hydrogens is 428 g/mol. The van der Waals surface area contributed by atoms with Crippen LogP contribution in [0.25, 0.3) is 10.4 Å². The van der Waals surface area contributed by atoms with Gasteiger partial charge in [0.1, 0.15) is 5.72 Å². The van der Waals surface area contributed by atoms with Crippen LogP contribution in [0.4, 0.5) is 0 Å². The first-order valence-corrected chi connectivity index (χ1v) is 11.9. The fourth-order valence-electron chi connectivity index (χ4n) is 2.48. The summed E-state index contributed by atoms with van der Waals surface area (Å²) in [6.45, 7) is 12.5. The van der Waals surface area contributed by atoms with Crippen molar-refractivity contribution in [2.45, 2.75) is 59.1 Å². The molecule has 0 aromatic carbocycles. The minimum atomic E-state index is -0.991. The zero-order valence-electron chi connectivity index (χ0n) is 20.9. The van der Waals surface area contributed by atoms with Gasteiger partial charge in [0.2, 0.25) is 5.91 Å². The van der Waals surface area contributed by atoms with Crippen LogP contribution in [-0.4, -0.2) is 77.6 Å². The molecule has 1 amide bonds. The molecule has 0 saturated heterocycles. The van der Waals surface area contributed by atoms with Gasteiger partial charge < -0.3 is 29.0 Å². The minimum Gasteiger partial charge on any atom is -0.379 e. The maximum absolute atomic E-state index is 11.7. The maximum Gasteiger partial charge on any atom is 0.222 e. The van der Waals surface area contributed by atoms with Gasteiger partial charge in [-0.1, -0.05) is 44.5 Å². The number of nitrogens with one attached hydrogen (secondary N) is 1. The fourth-order valence-corrected chi connectivity index (χ4v) is 2.48. The molecule has 0 heterocycles. The lowest BCUT2D eigenvalue weighted by atomic mass is 10.2. The number of azide groups is 1. The molecule has 0 saturated carbocycles. The second-order valence-corrected chi connectivity index (χ2v) is 7.99. The molecule has 0 bridgehead atoms. The number of carbonyl (C=O) groups excluding carboxylic acids is 1. The van der Waals surface area contributed by atoms with Crippen molar-refractivity contribution in [3.63, 3.8) is 0 Å². The summed E-state index contributed by atoms with van der Waals surface area (Å²) >= 11 is 0. The summed E-state index contributed by atoms with van der Waals surface area (Å²) < 4.78 is 27.5. The summed E-state index contributed by atoms with van der Waals surface area (Å²) in [5, 5.41) is 6.56. The van der Waals surface area contributed by atoms with Crippen LogP contribution in [0.15, 0.2) is 17.3 Å². The van der Waals surface area contributed by atoms with Gasteiger partial charge in [-0.25, -0.2) is 0 Å². The lowest BCUT2D eigenvalue weighted by Crippen LogP contribution is -2.29. The van der Waals surface area contributed by atoms with Crippen LogP contribution in [0.2, 0.25) is 0 Å². The third-order valence-electron chi connectivity index (χ3n) is 4.40. The molecule has 0 aliphatic carbocycles. The first-order valence-electron chi connectivity index (χ1n) is 11.9. The standard InChI is InChI=1S/C23H44N4O6/c1-5-6-12-29-15-17-31-14-10-23(4,26-27-24)33-20-19-32-18-16-30-13-9-22(28)25-11-7-8-21(2)3/h7-8,21H,5-6,9-20H2,1-4H3,(H,25,28)/b8-7+. The number of allylic oxidation sites excluding steroid dienone is 1. The van der Waals surface area contributed by atoms with Gasteiger partial charge in [0.05, 0.1) is 46.2 Å². The maximum atomic E-state index is 11.7. The first kappa shape index (κ1) is 31.3. The predicted octanol–water partition coefficient (Wildman–Crippen LogP) is 4.00. The van der Waals surface area contributed by atoms with Crippen molar-refractivity contribution in [3.8, 4) is 0 Å². The van der Waals surface area contributed by atoms with E-state index in [1.807, 2.05) is 12.2 Å². The van der Waals surface area contributed by atoms with Crippen LogP contribution in [-0.2, 0) is 28.5 Å². The molecule has 1 unspecified atom stereocenters. The first-order chi connectivity index (χ1) is 15.9. The fraction of sp³-hybridized carbons (Fsp3) is 0.870. The molecule has 0 aromatic heterocycles. The van der Waals surface area contributed by atoms with Crippen molar-refractivity contribution in [1.29, 1.82) is 0 Å². The van der Waals surface area contributed by atoms with Crippen molar-refractivity contribution in [2.75, 3.05) is 66.0 Å². The molecular formula is C23H44N4O6. The Morgan fingerprint density at radius 2 is 1.61 bits per heavy atom. The van der Waals surface area contributed by atoms with Crippen molar-refractivity contribution in [3.05, 3.63) is 22.6 Å².